The highest BCUT2D eigenvalue weighted by atomic mass is 32.2. The summed E-state index contributed by atoms with van der Waals surface area (Å²) < 4.78 is 104. The first kappa shape index (κ1) is 39.0. The Morgan fingerprint density at radius 2 is 1.23 bits per heavy atom. The van der Waals surface area contributed by atoms with Gasteiger partial charge in [-0.2, -0.15) is 40.6 Å². The molecular weight excluding hydrogens is 793 g/mol. The maximum Gasteiger partial charge on any atom is 0.296 e. The van der Waals surface area contributed by atoms with Crippen LogP contribution in [0.1, 0.15) is 15.9 Å². The van der Waals surface area contributed by atoms with E-state index in [-0.39, 0.29) is 17.2 Å². The molecule has 0 saturated heterocycles. The second-order valence-corrected chi connectivity index (χ2v) is 15.8. The highest BCUT2D eigenvalue weighted by Gasteiger charge is 2.37. The average molecular weight is 819 g/mol. The van der Waals surface area contributed by atoms with E-state index in [4.69, 9.17) is 5.73 Å². The summed E-state index contributed by atoms with van der Waals surface area (Å²) >= 11 is 0. The van der Waals surface area contributed by atoms with Gasteiger partial charge in [0.1, 0.15) is 20.4 Å². The van der Waals surface area contributed by atoms with E-state index in [2.05, 4.69) is 36.6 Å². The number of carbonyl (C=O) groups excluding carboxylic acids is 2. The van der Waals surface area contributed by atoms with Gasteiger partial charge in [0.15, 0.2) is 11.5 Å². The zero-order valence-corrected chi connectivity index (χ0v) is 30.5. The first-order valence-electron chi connectivity index (χ1n) is 15.6. The fourth-order valence-electron chi connectivity index (χ4n) is 5.16. The number of azo groups is 1. The summed E-state index contributed by atoms with van der Waals surface area (Å²) in [5.74, 6) is -1.36. The van der Waals surface area contributed by atoms with Crippen LogP contribution in [0.3, 0.4) is 0 Å². The monoisotopic (exact) mass is 818 g/mol. The second-order valence-electron chi connectivity index (χ2n) is 11.6. The van der Waals surface area contributed by atoms with Gasteiger partial charge in [0, 0.05) is 5.69 Å². The predicted octanol–water partition coefficient (Wildman–Crippen LogP) is 5.28. The molecule has 4 aromatic carbocycles. The topological polar surface area (TPSA) is 309 Å². The third kappa shape index (κ3) is 8.81. The minimum Gasteiger partial charge on any atom is -0.396 e. The van der Waals surface area contributed by atoms with Crippen molar-refractivity contribution < 1.29 is 48.5 Å². The van der Waals surface area contributed by atoms with Crippen molar-refractivity contribution in [3.8, 4) is 0 Å². The minimum atomic E-state index is -5.22. The largest absolute Gasteiger partial charge is 0.396 e. The van der Waals surface area contributed by atoms with E-state index in [1.807, 2.05) is 0 Å². The molecule has 0 aliphatic heterocycles. The Morgan fingerprint density at radius 1 is 0.625 bits per heavy atom. The van der Waals surface area contributed by atoms with Crippen LogP contribution in [0, 0.1) is 0 Å². The molecule has 2 aliphatic rings. The maximum atomic E-state index is 13.7. The minimum absolute atomic E-state index is 0.107. The number of rotatable bonds is 11. The lowest BCUT2D eigenvalue weighted by Gasteiger charge is -2.20. The fraction of sp³-hybridized carbons (Fsp3) is 0. The quantitative estimate of drug-likeness (QED) is 0.0333. The predicted molar refractivity (Wildman–Crippen MR) is 207 cm³/mol. The Kier molecular flexibility index (Phi) is 10.6. The summed E-state index contributed by atoms with van der Waals surface area (Å²) in [6.07, 6.45) is 6.50. The van der Waals surface area contributed by atoms with E-state index >= 15 is 0 Å². The number of fused-ring (bicyclic) bond motifs is 1. The van der Waals surface area contributed by atoms with Gasteiger partial charge in [-0.15, -0.1) is 5.11 Å². The molecule has 0 spiro atoms. The van der Waals surface area contributed by atoms with Crippen molar-refractivity contribution in [1.29, 1.82) is 0 Å². The molecule has 2 aliphatic carbocycles. The third-order valence-electron chi connectivity index (χ3n) is 7.74. The van der Waals surface area contributed by atoms with Crippen LogP contribution in [-0.4, -0.2) is 61.9 Å². The number of nitrogens with two attached hydrogens (primary N) is 1. The van der Waals surface area contributed by atoms with Crippen LogP contribution in [0.2, 0.25) is 0 Å². The number of carbonyl (C=O) groups is 2. The zero-order chi connectivity index (χ0) is 40.4. The number of nitrogens with one attached hydrogen (secondary N) is 3. The smallest absolute Gasteiger partial charge is 0.296 e. The number of hydrazone groups is 2. The molecular formula is C34H26N8O11S3. The number of benzene rings is 4. The van der Waals surface area contributed by atoms with Crippen molar-refractivity contribution >= 4 is 99.2 Å². The lowest BCUT2D eigenvalue weighted by Crippen LogP contribution is -2.28. The van der Waals surface area contributed by atoms with Crippen molar-refractivity contribution in [3.05, 3.63) is 119 Å². The van der Waals surface area contributed by atoms with Crippen molar-refractivity contribution in [3.63, 3.8) is 0 Å². The SMILES string of the molecule is Nc1c(N=Nc2ccc(Nc3ccc(NN=C4C=CC(=O)C=C4)cc3)c(S(=O)(=O)O)c2)c(S(=O)(=O)O)cc2c1C(=O)/C(=N\Nc1ccccc1)C(S(=O)(=O)O)=C2. The number of nitrogen functional groups attached to an aromatic ring is 1. The summed E-state index contributed by atoms with van der Waals surface area (Å²) in [7, 11) is -15.3. The van der Waals surface area contributed by atoms with Crippen LogP contribution in [0.25, 0.3) is 6.08 Å². The molecule has 0 unspecified atom stereocenters. The molecule has 0 saturated carbocycles. The van der Waals surface area contributed by atoms with Crippen LogP contribution < -0.4 is 21.9 Å². The Labute approximate surface area is 318 Å². The van der Waals surface area contributed by atoms with Crippen molar-refractivity contribution in [2.24, 2.45) is 20.4 Å². The first-order valence-corrected chi connectivity index (χ1v) is 19.9. The normalized spacial score (nSPS) is 15.2. The van der Waals surface area contributed by atoms with E-state index in [9.17, 15) is 48.5 Å². The Hall–Kier alpha value is -6.69. The molecule has 0 bridgehead atoms. The summed E-state index contributed by atoms with van der Waals surface area (Å²) in [6, 6.07) is 18.4. The molecule has 0 atom stereocenters. The Morgan fingerprint density at radius 3 is 1.86 bits per heavy atom. The molecule has 22 heteroatoms. The highest BCUT2D eigenvalue weighted by molar-refractivity contribution is 7.91. The van der Waals surface area contributed by atoms with Crippen LogP contribution in [-0.2, 0) is 35.1 Å². The van der Waals surface area contributed by atoms with E-state index in [0.717, 1.165) is 12.1 Å². The molecule has 6 rings (SSSR count). The van der Waals surface area contributed by atoms with Gasteiger partial charge in [-0.1, -0.05) is 18.2 Å². The summed E-state index contributed by atoms with van der Waals surface area (Å²) in [4.78, 5) is 22.3. The highest BCUT2D eigenvalue weighted by Crippen LogP contribution is 2.41. The number of anilines is 5. The van der Waals surface area contributed by atoms with Crippen molar-refractivity contribution in [1.82, 2.24) is 0 Å². The maximum absolute atomic E-state index is 13.7. The molecule has 0 fully saturated rings. The van der Waals surface area contributed by atoms with Crippen LogP contribution in [0.5, 0.6) is 0 Å². The Bertz CT molecular complexity index is 2820. The number of nitrogens with zero attached hydrogens (tertiary/aromatic N) is 4. The number of para-hydroxylation sites is 1. The van der Waals surface area contributed by atoms with Gasteiger partial charge in [-0.3, -0.25) is 34.1 Å². The molecule has 286 valence electrons. The van der Waals surface area contributed by atoms with Crippen molar-refractivity contribution in [2.45, 2.75) is 9.79 Å². The molecule has 56 heavy (non-hydrogen) atoms. The van der Waals surface area contributed by atoms with Gasteiger partial charge in [0.25, 0.3) is 30.4 Å². The second kappa shape index (κ2) is 15.2. The van der Waals surface area contributed by atoms with E-state index < -0.39 is 79.0 Å². The number of Topliss-reactive ketones (excluding diaryl/α,β-unsaturated/α-hetero) is 1. The van der Waals surface area contributed by atoms with Crippen LogP contribution >= 0.6 is 0 Å². The number of allylic oxidation sites excluding steroid dienone is 5. The number of ketones is 2. The molecule has 8 N–H and O–H groups in total. The van der Waals surface area contributed by atoms with Gasteiger partial charge in [0.2, 0.25) is 5.78 Å². The number of hydrogen-bond donors (Lipinski definition) is 7. The molecule has 0 radical (unpaired) electrons. The molecule has 0 amide bonds. The standard InChI is InChI=1S/C34H26N8O11S3/c35-31-30-19(17-29(56(51,52)53)33(34(30)44)42-39-21-4-2-1-3-5-21)16-28(55(48,49)50)32(31)41-40-24-12-15-26(27(18-24)54(45,46)47)36-20-6-8-22(9-7-20)37-38-23-10-13-25(43)14-11-23/h1-18,36-37,39H,35H2,(H,45,46,47)(H,48,49,50)(H,51,52,53)/b41-40?,42-33-. The summed E-state index contributed by atoms with van der Waals surface area (Å²) in [6.45, 7) is 0. The third-order valence-corrected chi connectivity index (χ3v) is 10.4. The van der Waals surface area contributed by atoms with Gasteiger partial charge in [-0.25, -0.2) is 0 Å². The van der Waals surface area contributed by atoms with E-state index in [0.29, 0.717) is 28.8 Å². The summed E-state index contributed by atoms with van der Waals surface area (Å²) in [5.41, 5.74) is 9.60. The van der Waals surface area contributed by atoms with Gasteiger partial charge >= 0.3 is 0 Å². The zero-order valence-electron chi connectivity index (χ0n) is 28.1. The summed E-state index contributed by atoms with van der Waals surface area (Å²) in [5, 5.41) is 18.5. The van der Waals surface area contributed by atoms with E-state index in [1.54, 1.807) is 42.5 Å². The van der Waals surface area contributed by atoms with Gasteiger partial charge < -0.3 is 11.1 Å². The fourth-order valence-corrected chi connectivity index (χ4v) is 7.16. The first-order chi connectivity index (χ1) is 26.4. The lowest BCUT2D eigenvalue weighted by molar-refractivity contribution is -0.110. The van der Waals surface area contributed by atoms with Crippen LogP contribution in [0.4, 0.5) is 39.8 Å². The van der Waals surface area contributed by atoms with Crippen LogP contribution in [0.15, 0.2) is 138 Å². The lowest BCUT2D eigenvalue weighted by atomic mass is 9.92. The molecule has 0 heterocycles. The van der Waals surface area contributed by atoms with Crippen molar-refractivity contribution in [2.75, 3.05) is 21.9 Å². The molecule has 19 nitrogen and oxygen atoms in total. The number of hydrogen-bond acceptors (Lipinski definition) is 16. The average Bonchev–Trinajstić information content (AvgIpc) is 3.13. The molecule has 0 aromatic heterocycles. The van der Waals surface area contributed by atoms with E-state index in [1.165, 1.54) is 48.6 Å². The Balaban J connectivity index is 1.33. The van der Waals surface area contributed by atoms with Gasteiger partial charge in [-0.05, 0) is 96.6 Å². The van der Waals surface area contributed by atoms with Gasteiger partial charge in [0.05, 0.1) is 39.7 Å². The molecule has 4 aromatic rings.